The van der Waals surface area contributed by atoms with Gasteiger partial charge >= 0.3 is 0 Å². The normalized spacial score (nSPS) is 19.0. The molecule has 0 aromatic heterocycles. The zero-order valence-electron chi connectivity index (χ0n) is 10.5. The Morgan fingerprint density at radius 1 is 1.28 bits per heavy atom. The fourth-order valence-electron chi connectivity index (χ4n) is 2.46. The van der Waals surface area contributed by atoms with E-state index in [9.17, 15) is 4.79 Å². The Morgan fingerprint density at radius 2 is 2.17 bits per heavy atom. The lowest BCUT2D eigenvalue weighted by Gasteiger charge is -2.27. The first-order valence-corrected chi connectivity index (χ1v) is 6.64. The molecule has 1 saturated heterocycles. The lowest BCUT2D eigenvalue weighted by Crippen LogP contribution is -2.47. The molecule has 0 unspecified atom stereocenters. The first-order valence-electron chi connectivity index (χ1n) is 6.64. The van der Waals surface area contributed by atoms with Gasteiger partial charge in [0, 0.05) is 38.3 Å². The van der Waals surface area contributed by atoms with Gasteiger partial charge in [0.2, 0.25) is 5.91 Å². The summed E-state index contributed by atoms with van der Waals surface area (Å²) in [6.45, 7) is 4.28. The van der Waals surface area contributed by atoms with Gasteiger partial charge in [-0.05, 0) is 29.5 Å². The Bertz CT molecular complexity index is 454. The molecular weight excluding hydrogens is 226 g/mol. The molecule has 1 aromatic rings. The molecule has 3 rings (SSSR count). The summed E-state index contributed by atoms with van der Waals surface area (Å²) >= 11 is 0. The Kier molecular flexibility index (Phi) is 3.30. The van der Waals surface area contributed by atoms with E-state index in [1.54, 1.807) is 0 Å². The van der Waals surface area contributed by atoms with Crippen molar-refractivity contribution >= 4 is 11.6 Å². The Hall–Kier alpha value is -1.39. The fraction of sp³-hybridized carbons (Fsp3) is 0.500. The first kappa shape index (κ1) is 11.7. The molecule has 0 spiro atoms. The van der Waals surface area contributed by atoms with Crippen LogP contribution < -0.4 is 16.0 Å². The van der Waals surface area contributed by atoms with E-state index in [1.165, 1.54) is 11.1 Å². The van der Waals surface area contributed by atoms with Crippen LogP contribution in [0.15, 0.2) is 18.2 Å². The van der Waals surface area contributed by atoms with Gasteiger partial charge < -0.3 is 16.0 Å². The second-order valence-corrected chi connectivity index (χ2v) is 5.19. The highest BCUT2D eigenvalue weighted by Crippen LogP contribution is 2.23. The average Bonchev–Trinajstić information content (AvgIpc) is 2.32. The molecule has 2 aliphatic rings. The average molecular weight is 245 g/mol. The maximum Gasteiger partial charge on any atom is 0.224 e. The zero-order chi connectivity index (χ0) is 12.4. The number of nitrogens with one attached hydrogen (secondary N) is 3. The van der Waals surface area contributed by atoms with Crippen LogP contribution in [0.2, 0.25) is 0 Å². The summed E-state index contributed by atoms with van der Waals surface area (Å²) in [5.41, 5.74) is 3.55. The largest absolute Gasteiger partial charge is 0.326 e. The summed E-state index contributed by atoms with van der Waals surface area (Å²) in [7, 11) is 0. The number of carbonyl (C=O) groups is 1. The number of anilines is 1. The highest BCUT2D eigenvalue weighted by atomic mass is 16.1. The molecule has 96 valence electrons. The standard InChI is InChI=1S/C14H19N3O/c18-14-4-2-12-5-10(1-3-13(12)17-14)6-15-7-11-8-16-9-11/h1,3,5,11,15-16H,2,4,6-9H2,(H,17,18). The van der Waals surface area contributed by atoms with Crippen LogP contribution in [-0.4, -0.2) is 25.5 Å². The predicted octanol–water partition coefficient (Wildman–Crippen LogP) is 0.880. The van der Waals surface area contributed by atoms with E-state index in [2.05, 4.69) is 28.1 Å². The second kappa shape index (κ2) is 5.08. The van der Waals surface area contributed by atoms with Gasteiger partial charge in [0.05, 0.1) is 0 Å². The molecule has 0 atom stereocenters. The summed E-state index contributed by atoms with van der Waals surface area (Å²) in [5, 5.41) is 9.68. The summed E-state index contributed by atoms with van der Waals surface area (Å²) in [6, 6.07) is 6.32. The van der Waals surface area contributed by atoms with Crippen LogP contribution in [0.4, 0.5) is 5.69 Å². The van der Waals surface area contributed by atoms with Crippen molar-refractivity contribution in [3.8, 4) is 0 Å². The molecule has 3 N–H and O–H groups in total. The molecule has 0 saturated carbocycles. The minimum absolute atomic E-state index is 0.130. The van der Waals surface area contributed by atoms with Gasteiger partial charge in [-0.1, -0.05) is 12.1 Å². The van der Waals surface area contributed by atoms with Crippen molar-refractivity contribution in [3.63, 3.8) is 0 Å². The van der Waals surface area contributed by atoms with E-state index in [4.69, 9.17) is 0 Å². The van der Waals surface area contributed by atoms with E-state index < -0.39 is 0 Å². The van der Waals surface area contributed by atoms with Crippen molar-refractivity contribution in [2.24, 2.45) is 5.92 Å². The van der Waals surface area contributed by atoms with Crippen LogP contribution in [-0.2, 0) is 17.8 Å². The van der Waals surface area contributed by atoms with Crippen LogP contribution in [0, 0.1) is 5.92 Å². The van der Waals surface area contributed by atoms with Crippen LogP contribution >= 0.6 is 0 Å². The third kappa shape index (κ3) is 2.54. The van der Waals surface area contributed by atoms with E-state index in [-0.39, 0.29) is 5.91 Å². The highest BCUT2D eigenvalue weighted by Gasteiger charge is 2.16. The van der Waals surface area contributed by atoms with Crippen molar-refractivity contribution in [2.75, 3.05) is 25.0 Å². The van der Waals surface area contributed by atoms with Gasteiger partial charge in [0.15, 0.2) is 0 Å². The zero-order valence-corrected chi connectivity index (χ0v) is 10.5. The minimum atomic E-state index is 0.130. The van der Waals surface area contributed by atoms with E-state index >= 15 is 0 Å². The van der Waals surface area contributed by atoms with E-state index in [1.807, 2.05) is 6.07 Å². The summed E-state index contributed by atoms with van der Waals surface area (Å²) < 4.78 is 0. The van der Waals surface area contributed by atoms with Crippen LogP contribution in [0.1, 0.15) is 17.5 Å². The third-order valence-electron chi connectivity index (χ3n) is 3.69. The van der Waals surface area contributed by atoms with Crippen LogP contribution in [0.3, 0.4) is 0 Å². The number of fused-ring (bicyclic) bond motifs is 1. The quantitative estimate of drug-likeness (QED) is 0.738. The molecule has 0 radical (unpaired) electrons. The molecule has 0 aliphatic carbocycles. The van der Waals surface area contributed by atoms with Gasteiger partial charge in [-0.2, -0.15) is 0 Å². The summed E-state index contributed by atoms with van der Waals surface area (Å²) in [6.07, 6.45) is 1.47. The topological polar surface area (TPSA) is 53.2 Å². The lowest BCUT2D eigenvalue weighted by atomic mass is 10.00. The Labute approximate surface area is 107 Å². The molecule has 1 amide bonds. The molecular formula is C14H19N3O. The van der Waals surface area contributed by atoms with Crippen molar-refractivity contribution in [1.29, 1.82) is 0 Å². The number of hydrogen-bond acceptors (Lipinski definition) is 3. The predicted molar refractivity (Wildman–Crippen MR) is 71.5 cm³/mol. The molecule has 2 aliphatic heterocycles. The molecule has 18 heavy (non-hydrogen) atoms. The van der Waals surface area contributed by atoms with Gasteiger partial charge in [0.1, 0.15) is 0 Å². The fourth-order valence-corrected chi connectivity index (χ4v) is 2.46. The van der Waals surface area contributed by atoms with Crippen molar-refractivity contribution in [3.05, 3.63) is 29.3 Å². The molecule has 1 aromatic carbocycles. The summed E-state index contributed by atoms with van der Waals surface area (Å²) in [5.74, 6) is 0.924. The number of benzene rings is 1. The van der Waals surface area contributed by atoms with E-state index in [0.29, 0.717) is 6.42 Å². The molecule has 2 heterocycles. The maximum absolute atomic E-state index is 11.3. The first-order chi connectivity index (χ1) is 8.81. The summed E-state index contributed by atoms with van der Waals surface area (Å²) in [4.78, 5) is 11.3. The second-order valence-electron chi connectivity index (χ2n) is 5.19. The van der Waals surface area contributed by atoms with Crippen LogP contribution in [0.5, 0.6) is 0 Å². The maximum atomic E-state index is 11.3. The number of amides is 1. The smallest absolute Gasteiger partial charge is 0.224 e. The van der Waals surface area contributed by atoms with Gasteiger partial charge in [-0.25, -0.2) is 0 Å². The van der Waals surface area contributed by atoms with Gasteiger partial charge in [0.25, 0.3) is 0 Å². The number of carbonyl (C=O) groups excluding carboxylic acids is 1. The SMILES string of the molecule is O=C1CCc2cc(CNCC3CNC3)ccc2N1. The Balaban J connectivity index is 1.57. The third-order valence-corrected chi connectivity index (χ3v) is 3.69. The molecule has 1 fully saturated rings. The van der Waals surface area contributed by atoms with Gasteiger partial charge in [-0.3, -0.25) is 4.79 Å². The van der Waals surface area contributed by atoms with E-state index in [0.717, 1.165) is 44.2 Å². The van der Waals surface area contributed by atoms with Crippen molar-refractivity contribution in [1.82, 2.24) is 10.6 Å². The van der Waals surface area contributed by atoms with Crippen molar-refractivity contribution in [2.45, 2.75) is 19.4 Å². The highest BCUT2D eigenvalue weighted by molar-refractivity contribution is 5.93. The van der Waals surface area contributed by atoms with Gasteiger partial charge in [-0.15, -0.1) is 0 Å². The molecule has 4 heteroatoms. The number of hydrogen-bond donors (Lipinski definition) is 3. The molecule has 4 nitrogen and oxygen atoms in total. The number of rotatable bonds is 4. The van der Waals surface area contributed by atoms with Crippen molar-refractivity contribution < 1.29 is 4.79 Å². The minimum Gasteiger partial charge on any atom is -0.326 e. The monoisotopic (exact) mass is 245 g/mol. The lowest BCUT2D eigenvalue weighted by molar-refractivity contribution is -0.116. The van der Waals surface area contributed by atoms with Crippen LogP contribution in [0.25, 0.3) is 0 Å². The Morgan fingerprint density at radius 3 is 2.94 bits per heavy atom. The molecule has 0 bridgehead atoms. The number of aryl methyl sites for hydroxylation is 1.